The van der Waals surface area contributed by atoms with Crippen molar-refractivity contribution in [3.63, 3.8) is 0 Å². The van der Waals surface area contributed by atoms with Crippen molar-refractivity contribution >= 4 is 36.8 Å². The average Bonchev–Trinajstić information content (AvgIpc) is 2.64. The van der Waals surface area contributed by atoms with Gasteiger partial charge in [0.1, 0.15) is 0 Å². The molecule has 2 aliphatic heterocycles. The zero-order valence-electron chi connectivity index (χ0n) is 13.2. The van der Waals surface area contributed by atoms with Crippen LogP contribution in [0.15, 0.2) is 18.3 Å². The fraction of sp³-hybridized carbons (Fsp3) is 0.750. The molecule has 0 aromatic heterocycles. The van der Waals surface area contributed by atoms with Crippen molar-refractivity contribution in [3.8, 4) is 0 Å². The van der Waals surface area contributed by atoms with Gasteiger partial charge in [0.25, 0.3) is 0 Å². The van der Waals surface area contributed by atoms with E-state index in [1.54, 1.807) is 8.87 Å². The minimum atomic E-state index is -2.02. The van der Waals surface area contributed by atoms with Crippen LogP contribution in [0.25, 0.3) is 0 Å². The van der Waals surface area contributed by atoms with Crippen molar-refractivity contribution < 1.29 is 0 Å². The summed E-state index contributed by atoms with van der Waals surface area (Å²) < 4.78 is 7.22. The van der Waals surface area contributed by atoms with Gasteiger partial charge in [-0.15, -0.1) is 0 Å². The summed E-state index contributed by atoms with van der Waals surface area (Å²) in [4.78, 5) is 10.7. The fourth-order valence-electron chi connectivity index (χ4n) is 4.17. The summed E-state index contributed by atoms with van der Waals surface area (Å²) in [5, 5.41) is 0. The van der Waals surface area contributed by atoms with E-state index in [2.05, 4.69) is 33.6 Å². The van der Waals surface area contributed by atoms with Crippen LogP contribution in [0.3, 0.4) is 0 Å². The molecular weight excluding hydrogens is 430 g/mol. The molecule has 2 heterocycles. The van der Waals surface area contributed by atoms with E-state index in [-0.39, 0.29) is 0 Å². The summed E-state index contributed by atoms with van der Waals surface area (Å²) in [5.41, 5.74) is 3.89. The third-order valence-electron chi connectivity index (χ3n) is 4.91. The Kier molecular flexibility index (Phi) is 4.69. The third kappa shape index (κ3) is 2.62. The first-order chi connectivity index (χ1) is 8.33. The SMILES string of the molecule is CCC[C]1=C2[CH2][Sn]([CH3])([CH3])[CH2]C2=[C](CCC)[Sn]1([CH3])[CH3]. The Morgan fingerprint density at radius 2 is 1.17 bits per heavy atom. The van der Waals surface area contributed by atoms with Gasteiger partial charge >= 0.3 is 123 Å². The molecule has 1 fully saturated rings. The van der Waals surface area contributed by atoms with Crippen LogP contribution in [-0.2, 0) is 0 Å². The van der Waals surface area contributed by atoms with Crippen molar-refractivity contribution in [1.29, 1.82) is 0 Å². The van der Waals surface area contributed by atoms with Crippen molar-refractivity contribution in [1.82, 2.24) is 0 Å². The topological polar surface area (TPSA) is 0 Å². The molecule has 2 heteroatoms. The molecule has 0 spiro atoms. The van der Waals surface area contributed by atoms with Crippen molar-refractivity contribution in [2.75, 3.05) is 0 Å². The van der Waals surface area contributed by atoms with Crippen LogP contribution >= 0.6 is 0 Å². The Balaban J connectivity index is 2.47. The summed E-state index contributed by atoms with van der Waals surface area (Å²) in [6, 6.07) is 0. The van der Waals surface area contributed by atoms with Crippen LogP contribution in [0.4, 0.5) is 0 Å². The molecule has 0 saturated carbocycles. The summed E-state index contributed by atoms with van der Waals surface area (Å²) in [6.07, 6.45) is 5.58. The molecule has 0 radical (unpaired) electrons. The zero-order valence-corrected chi connectivity index (χ0v) is 19.0. The molecule has 0 bridgehead atoms. The molecule has 0 amide bonds. The van der Waals surface area contributed by atoms with Crippen LogP contribution in [-0.4, -0.2) is 36.8 Å². The zero-order chi connectivity index (χ0) is 13.6. The van der Waals surface area contributed by atoms with Gasteiger partial charge in [0.15, 0.2) is 0 Å². The van der Waals surface area contributed by atoms with Crippen LogP contribution in [0.5, 0.6) is 0 Å². The second-order valence-corrected chi connectivity index (χ2v) is 34.6. The van der Waals surface area contributed by atoms with Crippen molar-refractivity contribution in [3.05, 3.63) is 18.3 Å². The molecule has 2 rings (SSSR count). The number of rotatable bonds is 4. The van der Waals surface area contributed by atoms with Gasteiger partial charge in [0.05, 0.1) is 0 Å². The summed E-state index contributed by atoms with van der Waals surface area (Å²) >= 11 is -3.69. The Labute approximate surface area is 122 Å². The predicted octanol–water partition coefficient (Wildman–Crippen LogP) is 5.70. The van der Waals surface area contributed by atoms with Gasteiger partial charge < -0.3 is 0 Å². The number of hydrogen-bond acceptors (Lipinski definition) is 0. The standard InChI is InChI=1S/C12H18.4CH3.2Sn/c1-5-7-9-11(3)12(4)10-8-6-2;;;;;;/h3-8H2,1-2H3;4*1H3;;. The van der Waals surface area contributed by atoms with Gasteiger partial charge in [-0.1, -0.05) is 0 Å². The van der Waals surface area contributed by atoms with E-state index < -0.39 is 36.8 Å². The third-order valence-corrected chi connectivity index (χ3v) is 24.2. The van der Waals surface area contributed by atoms with Crippen molar-refractivity contribution in [2.45, 2.75) is 68.2 Å². The van der Waals surface area contributed by atoms with Crippen LogP contribution in [0.1, 0.15) is 39.5 Å². The van der Waals surface area contributed by atoms with E-state index in [4.69, 9.17) is 0 Å². The molecular formula is C16H30Sn2. The predicted molar refractivity (Wildman–Crippen MR) is 88.4 cm³/mol. The Bertz CT molecular complexity index is 375. The van der Waals surface area contributed by atoms with E-state index in [0.717, 1.165) is 0 Å². The second kappa shape index (κ2) is 5.46. The number of allylic oxidation sites excluding steroid dienone is 4. The molecule has 0 atom stereocenters. The van der Waals surface area contributed by atoms with Gasteiger partial charge in [-0.25, -0.2) is 0 Å². The van der Waals surface area contributed by atoms with Gasteiger partial charge in [-0.2, -0.15) is 0 Å². The molecule has 0 aromatic rings. The van der Waals surface area contributed by atoms with Gasteiger partial charge in [-0.3, -0.25) is 0 Å². The first-order valence-electron chi connectivity index (χ1n) is 7.79. The van der Waals surface area contributed by atoms with Gasteiger partial charge in [-0.05, 0) is 0 Å². The van der Waals surface area contributed by atoms with Gasteiger partial charge in [0, 0.05) is 0 Å². The fourth-order valence-corrected chi connectivity index (χ4v) is 27.0. The number of fused-ring (bicyclic) bond motifs is 1. The molecule has 0 aromatic carbocycles. The molecule has 2 aliphatic rings. The summed E-state index contributed by atoms with van der Waals surface area (Å²) in [5.74, 6) is 0. The molecule has 102 valence electrons. The van der Waals surface area contributed by atoms with Crippen molar-refractivity contribution in [2.24, 2.45) is 0 Å². The number of hydrogen-bond donors (Lipinski definition) is 0. The molecule has 0 aliphatic carbocycles. The quantitative estimate of drug-likeness (QED) is 0.473. The maximum absolute atomic E-state index is 2.70. The summed E-state index contributed by atoms with van der Waals surface area (Å²) in [6.45, 7) is 4.74. The minimum absolute atomic E-state index is 1.36. The molecule has 0 unspecified atom stereocenters. The maximum atomic E-state index is 2.70. The first kappa shape index (κ1) is 15.5. The normalized spacial score (nSPS) is 25.0. The van der Waals surface area contributed by atoms with E-state index >= 15 is 0 Å². The Hall–Kier alpha value is 1.08. The van der Waals surface area contributed by atoms with E-state index in [1.807, 2.05) is 18.3 Å². The van der Waals surface area contributed by atoms with E-state index in [0.29, 0.717) is 0 Å². The van der Waals surface area contributed by atoms with E-state index in [1.165, 1.54) is 25.7 Å². The first-order valence-corrected chi connectivity index (χ1v) is 26.1. The molecule has 1 saturated heterocycles. The van der Waals surface area contributed by atoms with Crippen LogP contribution in [0, 0.1) is 0 Å². The monoisotopic (exact) mass is 462 g/mol. The Morgan fingerprint density at radius 1 is 0.778 bits per heavy atom. The average molecular weight is 460 g/mol. The Morgan fingerprint density at radius 3 is 1.50 bits per heavy atom. The molecule has 18 heavy (non-hydrogen) atoms. The van der Waals surface area contributed by atoms with Crippen LogP contribution in [0.2, 0.25) is 28.6 Å². The molecule has 0 N–H and O–H groups in total. The van der Waals surface area contributed by atoms with E-state index in [9.17, 15) is 0 Å². The summed E-state index contributed by atoms with van der Waals surface area (Å²) in [7, 11) is 0. The second-order valence-electron chi connectivity index (χ2n) is 7.56. The van der Waals surface area contributed by atoms with Gasteiger partial charge in [0.2, 0.25) is 0 Å². The van der Waals surface area contributed by atoms with Crippen LogP contribution < -0.4 is 0 Å². The molecule has 0 nitrogen and oxygen atoms in total.